The van der Waals surface area contributed by atoms with Gasteiger partial charge in [-0.3, -0.25) is 14.8 Å². The summed E-state index contributed by atoms with van der Waals surface area (Å²) >= 11 is 0. The first-order valence-corrected chi connectivity index (χ1v) is 12.1. The smallest absolute Gasteiger partial charge is 0.475 e. The van der Waals surface area contributed by atoms with E-state index in [9.17, 15) is 27.2 Å². The molecule has 1 aliphatic carbocycles. The molecule has 0 spiro atoms. The molecule has 0 aliphatic heterocycles. The zero-order chi connectivity index (χ0) is 28.1. The van der Waals surface area contributed by atoms with E-state index in [0.29, 0.717) is 30.5 Å². The van der Waals surface area contributed by atoms with Gasteiger partial charge in [-0.1, -0.05) is 37.1 Å². The SMILES string of the molecule is O=C(CCCCCCNC(=O)c1ccc(CNC2CC2c2ccc(F)cc2)cc1)NO.O=C(O)C(F)(F)F. The standard InChI is InChI=1S/C24H30FN3O3.C2HF3O2/c25-20-12-10-18(11-13-20)21-15-22(21)27-16-17-6-8-19(9-7-17)24(30)26-14-4-2-1-3-5-23(29)28-31;3-2(4,5)1(6)7/h6-13,21-22,27,31H,1-5,14-16H2,(H,26,30)(H,28,29);(H,6,7). The summed E-state index contributed by atoms with van der Waals surface area (Å²) in [6, 6.07) is 14.7. The number of rotatable bonds is 12. The average Bonchev–Trinajstić information content (AvgIpc) is 3.66. The molecule has 2 aromatic rings. The fraction of sp³-hybridized carbons (Fsp3) is 0.423. The molecule has 1 saturated carbocycles. The molecule has 2 amide bonds. The van der Waals surface area contributed by atoms with Crippen molar-refractivity contribution in [2.75, 3.05) is 6.54 Å². The van der Waals surface area contributed by atoms with Gasteiger partial charge in [0.25, 0.3) is 5.91 Å². The third-order valence-corrected chi connectivity index (χ3v) is 5.86. The summed E-state index contributed by atoms with van der Waals surface area (Å²) in [5.74, 6) is -2.97. The largest absolute Gasteiger partial charge is 0.490 e. The van der Waals surface area contributed by atoms with Gasteiger partial charge >= 0.3 is 12.1 Å². The number of carboxylic acid groups (broad SMARTS) is 1. The summed E-state index contributed by atoms with van der Waals surface area (Å²) in [6.45, 7) is 1.33. The highest BCUT2D eigenvalue weighted by Crippen LogP contribution is 2.40. The van der Waals surface area contributed by atoms with Crippen molar-refractivity contribution in [1.29, 1.82) is 0 Å². The number of amides is 2. The van der Waals surface area contributed by atoms with Gasteiger partial charge in [0, 0.05) is 37.0 Å². The van der Waals surface area contributed by atoms with E-state index in [0.717, 1.165) is 44.2 Å². The fourth-order valence-electron chi connectivity index (χ4n) is 3.65. The van der Waals surface area contributed by atoms with Crippen LogP contribution in [0.4, 0.5) is 17.6 Å². The molecule has 3 rings (SSSR count). The van der Waals surface area contributed by atoms with Crippen LogP contribution in [0.15, 0.2) is 48.5 Å². The van der Waals surface area contributed by atoms with Crippen molar-refractivity contribution >= 4 is 17.8 Å². The Hall–Kier alpha value is -3.51. The second-order valence-corrected chi connectivity index (χ2v) is 8.84. The van der Waals surface area contributed by atoms with E-state index in [-0.39, 0.29) is 17.6 Å². The van der Waals surface area contributed by atoms with Crippen LogP contribution in [0, 0.1) is 5.82 Å². The van der Waals surface area contributed by atoms with Crippen LogP contribution in [0.2, 0.25) is 0 Å². The molecule has 2 aromatic carbocycles. The van der Waals surface area contributed by atoms with Gasteiger partial charge < -0.3 is 15.7 Å². The number of nitrogens with one attached hydrogen (secondary N) is 3. The predicted molar refractivity (Wildman–Crippen MR) is 130 cm³/mol. The number of hydrogen-bond acceptors (Lipinski definition) is 5. The van der Waals surface area contributed by atoms with Gasteiger partial charge in [-0.25, -0.2) is 14.7 Å². The Morgan fingerprint density at radius 3 is 2.11 bits per heavy atom. The number of unbranched alkanes of at least 4 members (excludes halogenated alkanes) is 3. The van der Waals surface area contributed by atoms with Crippen molar-refractivity contribution < 1.29 is 42.3 Å². The van der Waals surface area contributed by atoms with E-state index in [1.54, 1.807) is 5.48 Å². The number of benzene rings is 2. The Morgan fingerprint density at radius 1 is 0.921 bits per heavy atom. The van der Waals surface area contributed by atoms with Crippen LogP contribution in [0.5, 0.6) is 0 Å². The van der Waals surface area contributed by atoms with E-state index in [2.05, 4.69) is 10.6 Å². The lowest BCUT2D eigenvalue weighted by molar-refractivity contribution is -0.192. The molecule has 0 aromatic heterocycles. The van der Waals surface area contributed by atoms with Gasteiger partial charge in [0.1, 0.15) is 5.82 Å². The monoisotopic (exact) mass is 541 g/mol. The molecule has 0 saturated heterocycles. The summed E-state index contributed by atoms with van der Waals surface area (Å²) in [5.41, 5.74) is 4.54. The molecule has 0 heterocycles. The van der Waals surface area contributed by atoms with Crippen LogP contribution in [-0.2, 0) is 16.1 Å². The number of aliphatic carboxylic acids is 1. The first kappa shape index (κ1) is 30.7. The van der Waals surface area contributed by atoms with Gasteiger partial charge in [0.05, 0.1) is 0 Å². The van der Waals surface area contributed by atoms with E-state index < -0.39 is 12.1 Å². The first-order valence-electron chi connectivity index (χ1n) is 12.1. The summed E-state index contributed by atoms with van der Waals surface area (Å²) < 4.78 is 44.8. The van der Waals surface area contributed by atoms with Gasteiger partial charge in [0.2, 0.25) is 5.91 Å². The molecule has 38 heavy (non-hydrogen) atoms. The lowest BCUT2D eigenvalue weighted by Gasteiger charge is -2.08. The molecule has 2 atom stereocenters. The molecular weight excluding hydrogens is 510 g/mol. The Kier molecular flexibility index (Phi) is 12.2. The van der Waals surface area contributed by atoms with E-state index in [4.69, 9.17) is 15.1 Å². The number of carboxylic acids is 1. The molecular formula is C26H31F4N3O5. The average molecular weight is 542 g/mol. The maximum Gasteiger partial charge on any atom is 0.490 e. The zero-order valence-corrected chi connectivity index (χ0v) is 20.6. The Bertz CT molecular complexity index is 1050. The molecule has 208 valence electrons. The summed E-state index contributed by atoms with van der Waals surface area (Å²) in [6.07, 6.45) is -0.331. The third-order valence-electron chi connectivity index (χ3n) is 5.86. The zero-order valence-electron chi connectivity index (χ0n) is 20.6. The molecule has 8 nitrogen and oxygen atoms in total. The van der Waals surface area contributed by atoms with Crippen molar-refractivity contribution in [3.63, 3.8) is 0 Å². The number of alkyl halides is 3. The third kappa shape index (κ3) is 11.3. The second-order valence-electron chi connectivity index (χ2n) is 8.84. The highest BCUT2D eigenvalue weighted by molar-refractivity contribution is 5.94. The van der Waals surface area contributed by atoms with Gasteiger partial charge in [0.15, 0.2) is 0 Å². The topological polar surface area (TPSA) is 128 Å². The number of hydroxylamine groups is 1. The molecule has 0 bridgehead atoms. The van der Waals surface area contributed by atoms with Gasteiger partial charge in [-0.15, -0.1) is 0 Å². The lowest BCUT2D eigenvalue weighted by Crippen LogP contribution is -2.24. The Labute approximate surface area is 217 Å². The Balaban J connectivity index is 0.000000638. The normalized spacial score (nSPS) is 16.1. The van der Waals surface area contributed by atoms with Crippen molar-refractivity contribution in [2.24, 2.45) is 0 Å². The summed E-state index contributed by atoms with van der Waals surface area (Å²) in [5, 5.41) is 22.0. The summed E-state index contributed by atoms with van der Waals surface area (Å²) in [7, 11) is 0. The molecule has 2 unspecified atom stereocenters. The predicted octanol–water partition coefficient (Wildman–Crippen LogP) is 4.29. The van der Waals surface area contributed by atoms with Crippen LogP contribution in [-0.4, -0.2) is 46.9 Å². The van der Waals surface area contributed by atoms with E-state index in [1.807, 2.05) is 36.4 Å². The highest BCUT2D eigenvalue weighted by atomic mass is 19.4. The molecule has 12 heteroatoms. The van der Waals surface area contributed by atoms with Crippen molar-refractivity contribution in [2.45, 2.75) is 63.2 Å². The second kappa shape index (κ2) is 15.0. The van der Waals surface area contributed by atoms with Crippen LogP contribution in [0.25, 0.3) is 0 Å². The number of hydrogen-bond donors (Lipinski definition) is 5. The van der Waals surface area contributed by atoms with Crippen LogP contribution >= 0.6 is 0 Å². The number of halogens is 4. The van der Waals surface area contributed by atoms with Crippen LogP contribution < -0.4 is 16.1 Å². The van der Waals surface area contributed by atoms with Crippen molar-refractivity contribution in [3.8, 4) is 0 Å². The van der Waals surface area contributed by atoms with Gasteiger partial charge in [-0.2, -0.15) is 13.2 Å². The number of carbonyl (C=O) groups excluding carboxylic acids is 2. The van der Waals surface area contributed by atoms with Gasteiger partial charge in [-0.05, 0) is 54.7 Å². The van der Waals surface area contributed by atoms with E-state index in [1.165, 1.54) is 17.7 Å². The maximum absolute atomic E-state index is 13.0. The van der Waals surface area contributed by atoms with Crippen molar-refractivity contribution in [3.05, 3.63) is 71.0 Å². The minimum Gasteiger partial charge on any atom is -0.475 e. The Morgan fingerprint density at radius 2 is 1.53 bits per heavy atom. The minimum atomic E-state index is -5.08. The fourth-order valence-corrected chi connectivity index (χ4v) is 3.65. The van der Waals surface area contributed by atoms with Crippen molar-refractivity contribution in [1.82, 2.24) is 16.1 Å². The summed E-state index contributed by atoms with van der Waals surface area (Å²) in [4.78, 5) is 32.0. The van der Waals surface area contributed by atoms with Crippen LogP contribution in [0.3, 0.4) is 0 Å². The molecule has 1 aliphatic rings. The minimum absolute atomic E-state index is 0.0854. The highest BCUT2D eigenvalue weighted by Gasteiger charge is 2.38. The lowest BCUT2D eigenvalue weighted by atomic mass is 10.1. The van der Waals surface area contributed by atoms with Crippen LogP contribution in [0.1, 0.15) is 65.9 Å². The molecule has 0 radical (unpaired) electrons. The maximum atomic E-state index is 13.0. The van der Waals surface area contributed by atoms with E-state index >= 15 is 0 Å². The quantitative estimate of drug-likeness (QED) is 0.118. The number of carbonyl (C=O) groups is 3. The first-order chi connectivity index (χ1) is 18.0. The molecule has 1 fully saturated rings. The molecule has 5 N–H and O–H groups in total.